The van der Waals surface area contributed by atoms with Crippen molar-refractivity contribution in [3.63, 3.8) is 0 Å². The molecule has 2 aromatic carbocycles. The Labute approximate surface area is 158 Å². The van der Waals surface area contributed by atoms with Gasteiger partial charge in [-0.1, -0.05) is 19.1 Å². The van der Waals surface area contributed by atoms with Crippen molar-refractivity contribution in [3.05, 3.63) is 53.6 Å². The molecule has 7 nitrogen and oxygen atoms in total. The summed E-state index contributed by atoms with van der Waals surface area (Å²) in [6.45, 7) is 3.66. The molecule has 0 unspecified atom stereocenters. The van der Waals surface area contributed by atoms with Crippen molar-refractivity contribution in [3.8, 4) is 0 Å². The van der Waals surface area contributed by atoms with Crippen molar-refractivity contribution in [2.24, 2.45) is 0 Å². The third-order valence-corrected chi connectivity index (χ3v) is 4.01. The summed E-state index contributed by atoms with van der Waals surface area (Å²) in [7, 11) is 1.56. The van der Waals surface area contributed by atoms with E-state index in [1.54, 1.807) is 56.4 Å². The van der Waals surface area contributed by atoms with Gasteiger partial charge in [0.05, 0.1) is 6.54 Å². The zero-order chi connectivity index (χ0) is 19.8. The Hall–Kier alpha value is -3.35. The highest BCUT2D eigenvalue weighted by Gasteiger charge is 2.10. The largest absolute Gasteiger partial charge is 0.376 e. The summed E-state index contributed by atoms with van der Waals surface area (Å²) in [5, 5.41) is 11.2. The quantitative estimate of drug-likeness (QED) is 0.604. The van der Waals surface area contributed by atoms with E-state index in [1.165, 1.54) is 0 Å². The molecular formula is C20H24N4O3. The van der Waals surface area contributed by atoms with Crippen LogP contribution < -0.4 is 21.3 Å². The number of benzene rings is 2. The van der Waals surface area contributed by atoms with Crippen LogP contribution in [0, 0.1) is 6.92 Å². The maximum atomic E-state index is 12.3. The number of anilines is 3. The van der Waals surface area contributed by atoms with Crippen LogP contribution in [0.4, 0.5) is 17.1 Å². The molecule has 0 spiro atoms. The van der Waals surface area contributed by atoms with Crippen molar-refractivity contribution in [2.75, 3.05) is 29.5 Å². The van der Waals surface area contributed by atoms with Gasteiger partial charge in [0.15, 0.2) is 0 Å². The van der Waals surface area contributed by atoms with Crippen molar-refractivity contribution >= 4 is 34.8 Å². The molecule has 0 aliphatic carbocycles. The molecule has 3 amide bonds. The molecular weight excluding hydrogens is 344 g/mol. The maximum absolute atomic E-state index is 12.3. The first-order chi connectivity index (χ1) is 12.9. The molecule has 142 valence electrons. The number of nitrogens with one attached hydrogen (secondary N) is 4. The van der Waals surface area contributed by atoms with E-state index in [1.807, 2.05) is 6.92 Å². The van der Waals surface area contributed by atoms with Crippen LogP contribution in [0.3, 0.4) is 0 Å². The Kier molecular flexibility index (Phi) is 6.93. The lowest BCUT2D eigenvalue weighted by molar-refractivity contribution is -0.116. The Bertz CT molecular complexity index is 849. The van der Waals surface area contributed by atoms with E-state index in [2.05, 4.69) is 21.3 Å². The van der Waals surface area contributed by atoms with Crippen LogP contribution >= 0.6 is 0 Å². The molecule has 0 aliphatic rings. The summed E-state index contributed by atoms with van der Waals surface area (Å²) < 4.78 is 0. The molecule has 0 fully saturated rings. The standard InChI is InChI=1S/C20H24N4O3/c1-4-18(25)23-16-9-6-10-17(13(16)2)24-19(26)12-22-15-8-5-7-14(11-15)20(27)21-3/h5-11,22H,4,12H2,1-3H3,(H,21,27)(H,23,25)(H,24,26). The fourth-order valence-corrected chi connectivity index (χ4v) is 2.44. The van der Waals surface area contributed by atoms with Gasteiger partial charge in [-0.15, -0.1) is 0 Å². The van der Waals surface area contributed by atoms with Gasteiger partial charge in [-0.25, -0.2) is 0 Å². The molecule has 2 aromatic rings. The molecule has 0 aliphatic heterocycles. The zero-order valence-electron chi connectivity index (χ0n) is 15.7. The minimum absolute atomic E-state index is 0.0438. The number of rotatable bonds is 7. The van der Waals surface area contributed by atoms with Crippen LogP contribution in [0.5, 0.6) is 0 Å². The summed E-state index contributed by atoms with van der Waals surface area (Å²) in [6, 6.07) is 12.2. The van der Waals surface area contributed by atoms with E-state index in [9.17, 15) is 14.4 Å². The van der Waals surface area contributed by atoms with Crippen LogP contribution in [0.1, 0.15) is 29.3 Å². The Morgan fingerprint density at radius 2 is 1.56 bits per heavy atom. The first kappa shape index (κ1) is 20.0. The van der Waals surface area contributed by atoms with Crippen LogP contribution in [-0.2, 0) is 9.59 Å². The van der Waals surface area contributed by atoms with Crippen LogP contribution in [0.25, 0.3) is 0 Å². The minimum atomic E-state index is -0.234. The summed E-state index contributed by atoms with van der Waals surface area (Å²) in [5.74, 6) is -0.508. The first-order valence-electron chi connectivity index (χ1n) is 8.70. The molecule has 0 radical (unpaired) electrons. The number of carbonyl (C=O) groups excluding carboxylic acids is 3. The molecule has 0 bridgehead atoms. The first-order valence-corrected chi connectivity index (χ1v) is 8.70. The second-order valence-corrected chi connectivity index (χ2v) is 5.94. The Morgan fingerprint density at radius 3 is 2.19 bits per heavy atom. The monoisotopic (exact) mass is 368 g/mol. The van der Waals surface area contributed by atoms with E-state index >= 15 is 0 Å². The predicted molar refractivity (Wildman–Crippen MR) is 107 cm³/mol. The predicted octanol–water partition coefficient (Wildman–Crippen LogP) is 2.75. The van der Waals surface area contributed by atoms with Gasteiger partial charge < -0.3 is 21.3 Å². The number of carbonyl (C=O) groups is 3. The fraction of sp³-hybridized carbons (Fsp3) is 0.250. The highest BCUT2D eigenvalue weighted by atomic mass is 16.2. The molecule has 0 saturated carbocycles. The highest BCUT2D eigenvalue weighted by molar-refractivity contribution is 5.98. The SMILES string of the molecule is CCC(=O)Nc1cccc(NC(=O)CNc2cccc(C(=O)NC)c2)c1C. The van der Waals surface area contributed by atoms with Gasteiger partial charge in [-0.3, -0.25) is 14.4 Å². The average molecular weight is 368 g/mol. The smallest absolute Gasteiger partial charge is 0.251 e. The normalized spacial score (nSPS) is 10.0. The molecule has 0 aromatic heterocycles. The molecule has 2 rings (SSSR count). The third-order valence-electron chi connectivity index (χ3n) is 4.01. The van der Waals surface area contributed by atoms with Crippen LogP contribution in [-0.4, -0.2) is 31.3 Å². The van der Waals surface area contributed by atoms with E-state index in [4.69, 9.17) is 0 Å². The number of hydrogen-bond acceptors (Lipinski definition) is 4. The lowest BCUT2D eigenvalue weighted by Crippen LogP contribution is -2.23. The molecule has 4 N–H and O–H groups in total. The third kappa shape index (κ3) is 5.57. The van der Waals surface area contributed by atoms with Gasteiger partial charge in [0, 0.05) is 36.1 Å². The molecule has 0 heterocycles. The van der Waals surface area contributed by atoms with E-state index in [0.717, 1.165) is 5.56 Å². The Balaban J connectivity index is 1.99. The van der Waals surface area contributed by atoms with Gasteiger partial charge in [0.1, 0.15) is 0 Å². The molecule has 0 saturated heterocycles. The lowest BCUT2D eigenvalue weighted by Gasteiger charge is -2.14. The summed E-state index contributed by atoms with van der Waals surface area (Å²) in [5.41, 5.74) is 3.28. The van der Waals surface area contributed by atoms with Crippen molar-refractivity contribution < 1.29 is 14.4 Å². The average Bonchev–Trinajstić information content (AvgIpc) is 2.68. The highest BCUT2D eigenvalue weighted by Crippen LogP contribution is 2.23. The summed E-state index contributed by atoms with van der Waals surface area (Å²) in [4.78, 5) is 35.5. The molecule has 27 heavy (non-hydrogen) atoms. The molecule has 7 heteroatoms. The minimum Gasteiger partial charge on any atom is -0.376 e. The summed E-state index contributed by atoms with van der Waals surface area (Å²) in [6.07, 6.45) is 0.384. The second-order valence-electron chi connectivity index (χ2n) is 5.94. The van der Waals surface area contributed by atoms with E-state index in [0.29, 0.717) is 29.0 Å². The lowest BCUT2D eigenvalue weighted by atomic mass is 10.1. The van der Waals surface area contributed by atoms with Crippen molar-refractivity contribution in [1.29, 1.82) is 0 Å². The number of amides is 3. The van der Waals surface area contributed by atoms with Gasteiger partial charge in [0.2, 0.25) is 11.8 Å². The summed E-state index contributed by atoms with van der Waals surface area (Å²) >= 11 is 0. The fourth-order valence-electron chi connectivity index (χ4n) is 2.44. The van der Waals surface area contributed by atoms with Gasteiger partial charge in [0.25, 0.3) is 5.91 Å². The maximum Gasteiger partial charge on any atom is 0.251 e. The van der Waals surface area contributed by atoms with Crippen molar-refractivity contribution in [2.45, 2.75) is 20.3 Å². The second kappa shape index (κ2) is 9.38. The van der Waals surface area contributed by atoms with Crippen molar-refractivity contribution in [1.82, 2.24) is 5.32 Å². The van der Waals surface area contributed by atoms with E-state index in [-0.39, 0.29) is 24.3 Å². The zero-order valence-corrected chi connectivity index (χ0v) is 15.7. The van der Waals surface area contributed by atoms with Gasteiger partial charge in [-0.2, -0.15) is 0 Å². The van der Waals surface area contributed by atoms with Crippen LogP contribution in [0.15, 0.2) is 42.5 Å². The van der Waals surface area contributed by atoms with Crippen LogP contribution in [0.2, 0.25) is 0 Å². The van der Waals surface area contributed by atoms with Gasteiger partial charge in [-0.05, 0) is 42.8 Å². The van der Waals surface area contributed by atoms with Gasteiger partial charge >= 0.3 is 0 Å². The Morgan fingerprint density at radius 1 is 0.926 bits per heavy atom. The number of hydrogen-bond donors (Lipinski definition) is 4. The van der Waals surface area contributed by atoms with E-state index < -0.39 is 0 Å². The topological polar surface area (TPSA) is 99.3 Å². The molecule has 0 atom stereocenters.